The standard InChI is InChI=1S/C10H14O6S/c11-4-6(13)9(14)10(15)7(5-12)16-8-2-1-3-17-8/h1-3,5-7,9-11,13-15H,4H2/t6-,7-,9+,10+/m0/s1. The van der Waals surface area contributed by atoms with E-state index in [2.05, 4.69) is 0 Å². The molecule has 6 nitrogen and oxygen atoms in total. The molecule has 0 fully saturated rings. The summed E-state index contributed by atoms with van der Waals surface area (Å²) in [4.78, 5) is 10.8. The fourth-order valence-electron chi connectivity index (χ4n) is 1.17. The fraction of sp³-hybridized carbons (Fsp3) is 0.500. The van der Waals surface area contributed by atoms with Crippen LogP contribution in [0.15, 0.2) is 17.5 Å². The van der Waals surface area contributed by atoms with Crippen molar-refractivity contribution in [3.05, 3.63) is 17.5 Å². The quantitative estimate of drug-likeness (QED) is 0.458. The van der Waals surface area contributed by atoms with E-state index in [1.54, 1.807) is 17.5 Å². The van der Waals surface area contributed by atoms with Gasteiger partial charge in [-0.1, -0.05) is 0 Å². The van der Waals surface area contributed by atoms with Crippen LogP contribution in [0.4, 0.5) is 0 Å². The normalized spacial score (nSPS) is 18.1. The van der Waals surface area contributed by atoms with E-state index in [-0.39, 0.29) is 0 Å². The lowest BCUT2D eigenvalue weighted by molar-refractivity contribution is -0.132. The molecule has 0 radical (unpaired) electrons. The van der Waals surface area contributed by atoms with E-state index >= 15 is 0 Å². The lowest BCUT2D eigenvalue weighted by Gasteiger charge is -2.25. The first kappa shape index (κ1) is 14.1. The Morgan fingerprint density at radius 3 is 2.53 bits per heavy atom. The minimum atomic E-state index is -1.66. The van der Waals surface area contributed by atoms with Crippen LogP contribution < -0.4 is 4.74 Å². The Hall–Kier alpha value is -0.990. The Bertz CT molecular complexity index is 328. The molecule has 17 heavy (non-hydrogen) atoms. The monoisotopic (exact) mass is 262 g/mol. The highest BCUT2D eigenvalue weighted by Gasteiger charge is 2.32. The molecule has 0 aliphatic carbocycles. The van der Waals surface area contributed by atoms with Crippen molar-refractivity contribution in [2.24, 2.45) is 0 Å². The van der Waals surface area contributed by atoms with Crippen molar-refractivity contribution >= 4 is 17.6 Å². The lowest BCUT2D eigenvalue weighted by Crippen LogP contribution is -2.48. The van der Waals surface area contributed by atoms with Crippen molar-refractivity contribution in [3.8, 4) is 5.06 Å². The van der Waals surface area contributed by atoms with E-state index in [0.717, 1.165) is 0 Å². The predicted molar refractivity (Wildman–Crippen MR) is 59.9 cm³/mol. The summed E-state index contributed by atoms with van der Waals surface area (Å²) in [6, 6.07) is 3.30. The number of carbonyl (C=O) groups is 1. The first-order valence-electron chi connectivity index (χ1n) is 4.90. The van der Waals surface area contributed by atoms with Crippen molar-refractivity contribution < 1.29 is 30.0 Å². The largest absolute Gasteiger partial charge is 0.471 e. The number of hydrogen-bond acceptors (Lipinski definition) is 7. The Morgan fingerprint density at radius 2 is 2.06 bits per heavy atom. The van der Waals surface area contributed by atoms with Gasteiger partial charge in [-0.05, 0) is 17.5 Å². The summed E-state index contributed by atoms with van der Waals surface area (Å²) in [5, 5.41) is 38.9. The summed E-state index contributed by atoms with van der Waals surface area (Å²) in [5.74, 6) is 0. The Labute approximate surface area is 102 Å². The highest BCUT2D eigenvalue weighted by Crippen LogP contribution is 2.21. The molecule has 0 aliphatic heterocycles. The zero-order chi connectivity index (χ0) is 12.8. The number of aldehydes is 1. The van der Waals surface area contributed by atoms with Gasteiger partial charge < -0.3 is 25.2 Å². The predicted octanol–water partition coefficient (Wildman–Crippen LogP) is -1.23. The van der Waals surface area contributed by atoms with Crippen LogP contribution in [-0.4, -0.2) is 57.7 Å². The SMILES string of the molecule is O=C[C@H](Oc1cccs1)[C@@H](O)[C@H](O)[C@@H](O)CO. The van der Waals surface area contributed by atoms with Crippen LogP contribution in [0.5, 0.6) is 5.06 Å². The van der Waals surface area contributed by atoms with E-state index in [1.807, 2.05) is 0 Å². The van der Waals surface area contributed by atoms with Gasteiger partial charge in [0, 0.05) is 0 Å². The summed E-state index contributed by atoms with van der Waals surface area (Å²) in [7, 11) is 0. The number of aliphatic hydroxyl groups is 4. The maximum atomic E-state index is 10.8. The minimum Gasteiger partial charge on any atom is -0.471 e. The molecule has 0 aliphatic rings. The molecule has 0 saturated carbocycles. The van der Waals surface area contributed by atoms with Crippen molar-refractivity contribution in [3.63, 3.8) is 0 Å². The summed E-state index contributed by atoms with van der Waals surface area (Å²) in [6.45, 7) is -0.719. The smallest absolute Gasteiger partial charge is 0.183 e. The van der Waals surface area contributed by atoms with E-state index in [0.29, 0.717) is 11.3 Å². The minimum absolute atomic E-state index is 0.331. The molecular formula is C10H14O6S. The molecular weight excluding hydrogens is 248 g/mol. The first-order chi connectivity index (χ1) is 8.10. The molecule has 0 amide bonds. The van der Waals surface area contributed by atoms with Gasteiger partial charge in [-0.15, -0.1) is 11.3 Å². The Balaban J connectivity index is 2.63. The van der Waals surface area contributed by atoms with Crippen molar-refractivity contribution in [1.29, 1.82) is 0 Å². The summed E-state index contributed by atoms with van der Waals surface area (Å²) < 4.78 is 5.13. The lowest BCUT2D eigenvalue weighted by atomic mass is 10.0. The van der Waals surface area contributed by atoms with Gasteiger partial charge in [0.25, 0.3) is 0 Å². The number of carbonyl (C=O) groups excluding carboxylic acids is 1. The van der Waals surface area contributed by atoms with E-state index < -0.39 is 31.0 Å². The van der Waals surface area contributed by atoms with E-state index in [9.17, 15) is 15.0 Å². The molecule has 0 unspecified atom stereocenters. The summed E-state index contributed by atoms with van der Waals surface area (Å²) in [5.41, 5.74) is 0. The Kier molecular flexibility index (Phi) is 5.52. The van der Waals surface area contributed by atoms with Crippen LogP contribution in [-0.2, 0) is 4.79 Å². The number of ether oxygens (including phenoxy) is 1. The Morgan fingerprint density at radius 1 is 1.35 bits per heavy atom. The highest BCUT2D eigenvalue weighted by atomic mass is 32.1. The number of thiophene rings is 1. The van der Waals surface area contributed by atoms with Crippen LogP contribution in [0.2, 0.25) is 0 Å². The van der Waals surface area contributed by atoms with E-state index in [1.165, 1.54) is 11.3 Å². The first-order valence-corrected chi connectivity index (χ1v) is 5.78. The van der Waals surface area contributed by atoms with Gasteiger partial charge in [0.1, 0.15) is 18.3 Å². The molecule has 4 atom stereocenters. The second-order valence-corrected chi connectivity index (χ2v) is 4.29. The molecule has 7 heteroatoms. The third-order valence-corrected chi connectivity index (χ3v) is 2.91. The maximum Gasteiger partial charge on any atom is 0.183 e. The number of hydrogen-bond donors (Lipinski definition) is 4. The zero-order valence-electron chi connectivity index (χ0n) is 8.84. The van der Waals surface area contributed by atoms with Crippen LogP contribution in [0.25, 0.3) is 0 Å². The van der Waals surface area contributed by atoms with Gasteiger partial charge in [-0.25, -0.2) is 0 Å². The number of rotatable bonds is 7. The second-order valence-electron chi connectivity index (χ2n) is 3.38. The molecule has 0 spiro atoms. The molecule has 0 saturated heterocycles. The zero-order valence-corrected chi connectivity index (χ0v) is 9.66. The van der Waals surface area contributed by atoms with Gasteiger partial charge in [0.05, 0.1) is 6.61 Å². The van der Waals surface area contributed by atoms with Gasteiger partial charge in [-0.3, -0.25) is 4.79 Å². The van der Waals surface area contributed by atoms with Gasteiger partial charge in [0.15, 0.2) is 17.5 Å². The average Bonchev–Trinajstić information content (AvgIpc) is 2.85. The fourth-order valence-corrected chi connectivity index (χ4v) is 1.79. The van der Waals surface area contributed by atoms with Crippen LogP contribution >= 0.6 is 11.3 Å². The van der Waals surface area contributed by atoms with E-state index in [4.69, 9.17) is 14.9 Å². The number of aliphatic hydroxyl groups excluding tert-OH is 4. The molecule has 1 aromatic rings. The summed E-state index contributed by atoms with van der Waals surface area (Å²) in [6.07, 6.45) is -5.77. The van der Waals surface area contributed by atoms with Crippen LogP contribution in [0.3, 0.4) is 0 Å². The molecule has 4 N–H and O–H groups in total. The van der Waals surface area contributed by atoms with Gasteiger partial charge in [-0.2, -0.15) is 0 Å². The van der Waals surface area contributed by atoms with Crippen molar-refractivity contribution in [2.75, 3.05) is 6.61 Å². The second kappa shape index (κ2) is 6.67. The topological polar surface area (TPSA) is 107 Å². The van der Waals surface area contributed by atoms with Gasteiger partial charge in [0.2, 0.25) is 0 Å². The molecule has 0 aromatic carbocycles. The molecule has 1 rings (SSSR count). The van der Waals surface area contributed by atoms with Gasteiger partial charge >= 0.3 is 0 Å². The van der Waals surface area contributed by atoms with Crippen LogP contribution in [0.1, 0.15) is 0 Å². The highest BCUT2D eigenvalue weighted by molar-refractivity contribution is 7.11. The van der Waals surface area contributed by atoms with Crippen LogP contribution in [0, 0.1) is 0 Å². The molecule has 1 aromatic heterocycles. The van der Waals surface area contributed by atoms with Crippen molar-refractivity contribution in [2.45, 2.75) is 24.4 Å². The third kappa shape index (κ3) is 3.76. The summed E-state index contributed by atoms with van der Waals surface area (Å²) >= 11 is 1.22. The molecule has 1 heterocycles. The maximum absolute atomic E-state index is 10.8. The molecule has 96 valence electrons. The third-order valence-electron chi connectivity index (χ3n) is 2.15. The average molecular weight is 262 g/mol. The molecule has 0 bridgehead atoms. The van der Waals surface area contributed by atoms with Crippen molar-refractivity contribution in [1.82, 2.24) is 0 Å².